The maximum Gasteiger partial charge on any atom is 0.252 e. The number of carbonyl (C=O) groups excluding carboxylic acids is 1. The molecule has 1 fully saturated rings. The Balaban J connectivity index is 2.09. The normalized spacial score (nSPS) is 18.3. The number of carbonyl (C=O) groups is 1. The van der Waals surface area contributed by atoms with Crippen LogP contribution in [0.5, 0.6) is 5.75 Å². The lowest BCUT2D eigenvalue weighted by molar-refractivity contribution is 0.0993. The van der Waals surface area contributed by atoms with Gasteiger partial charge in [-0.05, 0) is 37.5 Å². The van der Waals surface area contributed by atoms with Crippen LogP contribution >= 0.6 is 0 Å². The second-order valence-electron chi connectivity index (χ2n) is 5.93. The van der Waals surface area contributed by atoms with Crippen molar-refractivity contribution < 1.29 is 9.53 Å². The minimum atomic E-state index is -0.466. The van der Waals surface area contributed by atoms with E-state index in [1.54, 1.807) is 6.07 Å². The Labute approximate surface area is 120 Å². The largest absolute Gasteiger partial charge is 0.491 e. The summed E-state index contributed by atoms with van der Waals surface area (Å²) in [5.41, 5.74) is 13.0. The van der Waals surface area contributed by atoms with E-state index >= 15 is 0 Å². The van der Waals surface area contributed by atoms with Crippen molar-refractivity contribution in [1.82, 2.24) is 0 Å². The number of benzene rings is 1. The molecule has 4 N–H and O–H groups in total. The van der Waals surface area contributed by atoms with Gasteiger partial charge in [-0.1, -0.05) is 31.7 Å². The third-order valence-corrected chi connectivity index (χ3v) is 4.02. The van der Waals surface area contributed by atoms with Gasteiger partial charge in [0, 0.05) is 0 Å². The van der Waals surface area contributed by atoms with Crippen molar-refractivity contribution in [2.75, 3.05) is 6.61 Å². The Morgan fingerprint density at radius 3 is 2.50 bits per heavy atom. The Morgan fingerprint density at radius 2 is 1.90 bits per heavy atom. The molecular formula is C16H24N2O2. The highest BCUT2D eigenvalue weighted by Gasteiger charge is 2.27. The molecule has 0 atom stereocenters. The van der Waals surface area contributed by atoms with Gasteiger partial charge in [-0.25, -0.2) is 0 Å². The van der Waals surface area contributed by atoms with Gasteiger partial charge in [-0.3, -0.25) is 4.79 Å². The molecule has 0 aliphatic heterocycles. The average Bonchev–Trinajstić information content (AvgIpc) is 2.62. The standard InChI is InChI=1S/C16H24N2O2/c1-12-6-7-13(15(17)19)14(10-12)20-11-16(18)8-4-2-3-5-9-16/h6-7,10H,2-5,8-9,11,18H2,1H3,(H2,17,19). The van der Waals surface area contributed by atoms with Crippen LogP contribution in [0.4, 0.5) is 0 Å². The van der Waals surface area contributed by atoms with Gasteiger partial charge in [0.1, 0.15) is 12.4 Å². The fourth-order valence-electron chi connectivity index (χ4n) is 2.75. The van der Waals surface area contributed by atoms with Crippen LogP contribution in [0.2, 0.25) is 0 Å². The first-order chi connectivity index (χ1) is 9.50. The molecule has 0 radical (unpaired) electrons. The van der Waals surface area contributed by atoms with Crippen molar-refractivity contribution in [3.05, 3.63) is 29.3 Å². The number of aryl methyl sites for hydroxylation is 1. The van der Waals surface area contributed by atoms with Crippen LogP contribution in [0.25, 0.3) is 0 Å². The highest BCUT2D eigenvalue weighted by Crippen LogP contribution is 2.27. The number of amides is 1. The molecule has 0 bridgehead atoms. The van der Waals surface area contributed by atoms with Gasteiger partial charge in [-0.2, -0.15) is 0 Å². The fraction of sp³-hybridized carbons (Fsp3) is 0.562. The van der Waals surface area contributed by atoms with E-state index in [2.05, 4.69) is 0 Å². The minimum Gasteiger partial charge on any atom is -0.491 e. The summed E-state index contributed by atoms with van der Waals surface area (Å²) in [6.07, 6.45) is 6.74. The Bertz CT molecular complexity index is 477. The van der Waals surface area contributed by atoms with E-state index in [0.29, 0.717) is 17.9 Å². The zero-order valence-electron chi connectivity index (χ0n) is 12.2. The van der Waals surface area contributed by atoms with Crippen molar-refractivity contribution >= 4 is 5.91 Å². The molecule has 4 heteroatoms. The van der Waals surface area contributed by atoms with E-state index in [-0.39, 0.29) is 5.54 Å². The number of rotatable bonds is 4. The predicted molar refractivity (Wildman–Crippen MR) is 79.8 cm³/mol. The summed E-state index contributed by atoms with van der Waals surface area (Å²) in [6.45, 7) is 2.40. The first kappa shape index (κ1) is 14.9. The van der Waals surface area contributed by atoms with Crippen molar-refractivity contribution in [2.45, 2.75) is 51.0 Å². The Hall–Kier alpha value is -1.55. The fourth-order valence-corrected chi connectivity index (χ4v) is 2.75. The Kier molecular flexibility index (Phi) is 4.65. The van der Waals surface area contributed by atoms with Crippen LogP contribution in [0, 0.1) is 6.92 Å². The van der Waals surface area contributed by atoms with Crippen LogP contribution in [0.15, 0.2) is 18.2 Å². The van der Waals surface area contributed by atoms with E-state index in [1.807, 2.05) is 19.1 Å². The molecule has 1 aromatic carbocycles. The Morgan fingerprint density at radius 1 is 1.25 bits per heavy atom. The number of ether oxygens (including phenoxy) is 1. The van der Waals surface area contributed by atoms with Crippen LogP contribution in [-0.2, 0) is 0 Å². The molecule has 110 valence electrons. The number of primary amides is 1. The second kappa shape index (κ2) is 6.27. The summed E-state index contributed by atoms with van der Waals surface area (Å²) in [5.74, 6) is 0.0820. The third kappa shape index (κ3) is 3.73. The summed E-state index contributed by atoms with van der Waals surface area (Å²) < 4.78 is 5.85. The molecule has 1 saturated carbocycles. The summed E-state index contributed by atoms with van der Waals surface area (Å²) in [7, 11) is 0. The number of nitrogens with two attached hydrogens (primary N) is 2. The average molecular weight is 276 g/mol. The quantitative estimate of drug-likeness (QED) is 0.829. The van der Waals surface area contributed by atoms with Gasteiger partial charge < -0.3 is 16.2 Å². The zero-order chi connectivity index (χ0) is 14.6. The lowest BCUT2D eigenvalue weighted by atomic mass is 9.92. The first-order valence-corrected chi connectivity index (χ1v) is 7.32. The molecule has 1 aliphatic carbocycles. The summed E-state index contributed by atoms with van der Waals surface area (Å²) in [5, 5.41) is 0. The van der Waals surface area contributed by atoms with E-state index in [1.165, 1.54) is 12.8 Å². The zero-order valence-corrected chi connectivity index (χ0v) is 12.2. The highest BCUT2D eigenvalue weighted by atomic mass is 16.5. The molecule has 2 rings (SSSR count). The predicted octanol–water partition coefficient (Wildman–Crippen LogP) is 2.52. The molecule has 0 saturated heterocycles. The molecular weight excluding hydrogens is 252 g/mol. The maximum atomic E-state index is 11.4. The molecule has 1 aliphatic rings. The van der Waals surface area contributed by atoms with E-state index in [9.17, 15) is 4.79 Å². The van der Waals surface area contributed by atoms with Crippen molar-refractivity contribution in [3.8, 4) is 5.75 Å². The van der Waals surface area contributed by atoms with E-state index in [0.717, 1.165) is 31.2 Å². The van der Waals surface area contributed by atoms with Crippen LogP contribution < -0.4 is 16.2 Å². The molecule has 1 aromatic rings. The van der Waals surface area contributed by atoms with Crippen molar-refractivity contribution in [2.24, 2.45) is 11.5 Å². The summed E-state index contributed by atoms with van der Waals surface area (Å²) >= 11 is 0. The molecule has 0 aromatic heterocycles. The van der Waals surface area contributed by atoms with Gasteiger partial charge in [0.25, 0.3) is 5.91 Å². The molecule has 1 amide bonds. The monoisotopic (exact) mass is 276 g/mol. The molecule has 0 spiro atoms. The smallest absolute Gasteiger partial charge is 0.252 e. The lowest BCUT2D eigenvalue weighted by Gasteiger charge is -2.28. The van der Waals surface area contributed by atoms with Crippen LogP contribution in [0.1, 0.15) is 54.4 Å². The minimum absolute atomic E-state index is 0.283. The topological polar surface area (TPSA) is 78.3 Å². The van der Waals surface area contributed by atoms with Crippen molar-refractivity contribution in [1.29, 1.82) is 0 Å². The van der Waals surface area contributed by atoms with Crippen molar-refractivity contribution in [3.63, 3.8) is 0 Å². The highest BCUT2D eigenvalue weighted by molar-refractivity contribution is 5.95. The second-order valence-corrected chi connectivity index (χ2v) is 5.93. The first-order valence-electron chi connectivity index (χ1n) is 7.32. The SMILES string of the molecule is Cc1ccc(C(N)=O)c(OCC2(N)CCCCCC2)c1. The third-order valence-electron chi connectivity index (χ3n) is 4.02. The summed E-state index contributed by atoms with van der Waals surface area (Å²) in [6, 6.07) is 5.42. The lowest BCUT2D eigenvalue weighted by Crippen LogP contribution is -2.45. The molecule has 4 nitrogen and oxygen atoms in total. The van der Waals surface area contributed by atoms with E-state index < -0.39 is 5.91 Å². The van der Waals surface area contributed by atoms with Gasteiger partial charge in [0.15, 0.2) is 0 Å². The van der Waals surface area contributed by atoms with E-state index in [4.69, 9.17) is 16.2 Å². The van der Waals surface area contributed by atoms with Gasteiger partial charge in [0.05, 0.1) is 11.1 Å². The summed E-state index contributed by atoms with van der Waals surface area (Å²) in [4.78, 5) is 11.4. The molecule has 20 heavy (non-hydrogen) atoms. The van der Waals surface area contributed by atoms with Crippen LogP contribution in [-0.4, -0.2) is 18.1 Å². The number of hydrogen-bond acceptors (Lipinski definition) is 3. The molecule has 0 unspecified atom stereocenters. The van der Waals surface area contributed by atoms with Gasteiger partial charge in [0.2, 0.25) is 0 Å². The number of hydrogen-bond donors (Lipinski definition) is 2. The van der Waals surface area contributed by atoms with Crippen LogP contribution in [0.3, 0.4) is 0 Å². The molecule has 0 heterocycles. The van der Waals surface area contributed by atoms with Gasteiger partial charge >= 0.3 is 0 Å². The maximum absolute atomic E-state index is 11.4. The van der Waals surface area contributed by atoms with Gasteiger partial charge in [-0.15, -0.1) is 0 Å².